The highest BCUT2D eigenvalue weighted by atomic mass is 16.3. The molecule has 2 fully saturated rings. The van der Waals surface area contributed by atoms with Crippen molar-refractivity contribution >= 4 is 5.95 Å². The van der Waals surface area contributed by atoms with Gasteiger partial charge in [0.2, 0.25) is 5.95 Å². The summed E-state index contributed by atoms with van der Waals surface area (Å²) in [4.78, 5) is 10.7. The maximum absolute atomic E-state index is 8.85. The summed E-state index contributed by atoms with van der Waals surface area (Å²) in [7, 11) is 0. The van der Waals surface area contributed by atoms with E-state index in [1.807, 2.05) is 0 Å². The quantitative estimate of drug-likeness (QED) is 0.736. The number of fused-ring (bicyclic) bond motifs is 1. The highest BCUT2D eigenvalue weighted by molar-refractivity contribution is 5.34. The van der Waals surface area contributed by atoms with Gasteiger partial charge in [0.25, 0.3) is 0 Å². The van der Waals surface area contributed by atoms with E-state index in [2.05, 4.69) is 14.9 Å². The van der Waals surface area contributed by atoms with Crippen molar-refractivity contribution < 1.29 is 5.11 Å². The Kier molecular flexibility index (Phi) is 1.70. The molecule has 3 rings (SSSR count). The van der Waals surface area contributed by atoms with Gasteiger partial charge in [0.1, 0.15) is 0 Å². The number of anilines is 1. The largest absolute Gasteiger partial charge is 0.392 e. The first-order chi connectivity index (χ1) is 6.86. The smallest absolute Gasteiger partial charge is 0.225 e. The van der Waals surface area contributed by atoms with Gasteiger partial charge in [0.15, 0.2) is 0 Å². The Bertz CT molecular complexity index is 328. The molecule has 0 bridgehead atoms. The summed E-state index contributed by atoms with van der Waals surface area (Å²) in [5.74, 6) is 2.61. The number of piperidine rings is 1. The normalized spacial score (nSPS) is 29.1. The lowest BCUT2D eigenvalue weighted by Crippen LogP contribution is -2.23. The number of hydrogen-bond donors (Lipinski definition) is 1. The van der Waals surface area contributed by atoms with E-state index in [0.29, 0.717) is 0 Å². The van der Waals surface area contributed by atoms with Gasteiger partial charge in [-0.25, -0.2) is 9.97 Å². The molecule has 1 aromatic rings. The molecule has 1 saturated carbocycles. The van der Waals surface area contributed by atoms with Crippen LogP contribution in [0.3, 0.4) is 0 Å². The molecule has 1 aromatic heterocycles. The minimum Gasteiger partial charge on any atom is -0.392 e. The summed E-state index contributed by atoms with van der Waals surface area (Å²) < 4.78 is 0. The minimum atomic E-state index is 0.0194. The molecule has 2 unspecified atom stereocenters. The van der Waals surface area contributed by atoms with Crippen LogP contribution in [0.2, 0.25) is 0 Å². The second kappa shape index (κ2) is 2.92. The number of aliphatic hydroxyl groups is 1. The molecule has 74 valence electrons. The molecule has 1 aliphatic carbocycles. The second-order valence-electron chi connectivity index (χ2n) is 4.21. The Labute approximate surface area is 82.6 Å². The highest BCUT2D eigenvalue weighted by Gasteiger charge is 2.45. The molecule has 2 aliphatic rings. The van der Waals surface area contributed by atoms with Gasteiger partial charge in [-0.05, 0) is 18.3 Å². The van der Waals surface area contributed by atoms with Crippen molar-refractivity contribution in [3.8, 4) is 0 Å². The lowest BCUT2D eigenvalue weighted by molar-refractivity contribution is 0.281. The van der Waals surface area contributed by atoms with Gasteiger partial charge in [-0.2, -0.15) is 0 Å². The summed E-state index contributed by atoms with van der Waals surface area (Å²) in [5, 5.41) is 8.85. The van der Waals surface area contributed by atoms with Crippen LogP contribution in [0.4, 0.5) is 5.95 Å². The molecule has 0 amide bonds. The van der Waals surface area contributed by atoms with E-state index in [1.165, 1.54) is 6.42 Å². The zero-order chi connectivity index (χ0) is 9.54. The van der Waals surface area contributed by atoms with E-state index in [-0.39, 0.29) is 6.61 Å². The van der Waals surface area contributed by atoms with Crippen LogP contribution in [0, 0.1) is 11.8 Å². The van der Waals surface area contributed by atoms with Gasteiger partial charge < -0.3 is 10.0 Å². The van der Waals surface area contributed by atoms with Crippen LogP contribution < -0.4 is 4.90 Å². The van der Waals surface area contributed by atoms with E-state index in [4.69, 9.17) is 5.11 Å². The fourth-order valence-corrected chi connectivity index (χ4v) is 2.15. The lowest BCUT2D eigenvalue weighted by Gasteiger charge is -2.17. The Morgan fingerprint density at radius 3 is 2.50 bits per heavy atom. The molecular formula is C10H13N3O. The van der Waals surface area contributed by atoms with Crippen LogP contribution in [0.1, 0.15) is 12.0 Å². The standard InChI is InChI=1S/C10H13N3O/c14-6-7-2-11-10(12-3-7)13-4-8-1-9(8)5-13/h2-3,8-9,14H,1,4-6H2. The van der Waals surface area contributed by atoms with Gasteiger partial charge in [0, 0.05) is 31.0 Å². The number of aliphatic hydroxyl groups excluding tert-OH is 1. The third-order valence-corrected chi connectivity index (χ3v) is 3.14. The fourth-order valence-electron chi connectivity index (χ4n) is 2.15. The third kappa shape index (κ3) is 1.26. The zero-order valence-electron chi connectivity index (χ0n) is 7.93. The van der Waals surface area contributed by atoms with E-state index in [1.54, 1.807) is 12.4 Å². The average molecular weight is 191 g/mol. The topological polar surface area (TPSA) is 49.3 Å². The maximum atomic E-state index is 8.85. The third-order valence-electron chi connectivity index (χ3n) is 3.14. The van der Waals surface area contributed by atoms with Crippen molar-refractivity contribution in [2.24, 2.45) is 11.8 Å². The molecule has 1 N–H and O–H groups in total. The Balaban J connectivity index is 1.76. The lowest BCUT2D eigenvalue weighted by atomic mass is 10.4. The van der Waals surface area contributed by atoms with E-state index < -0.39 is 0 Å². The summed E-state index contributed by atoms with van der Waals surface area (Å²) in [6.45, 7) is 2.25. The molecule has 4 nitrogen and oxygen atoms in total. The molecule has 14 heavy (non-hydrogen) atoms. The Morgan fingerprint density at radius 1 is 1.29 bits per heavy atom. The van der Waals surface area contributed by atoms with Crippen LogP contribution in [0.5, 0.6) is 0 Å². The zero-order valence-corrected chi connectivity index (χ0v) is 7.93. The van der Waals surface area contributed by atoms with Crippen LogP contribution in [-0.2, 0) is 6.61 Å². The summed E-state index contributed by atoms with van der Waals surface area (Å²) in [6, 6.07) is 0. The van der Waals surface area contributed by atoms with Gasteiger partial charge in [-0.15, -0.1) is 0 Å². The molecule has 2 atom stereocenters. The molecular weight excluding hydrogens is 178 g/mol. The van der Waals surface area contributed by atoms with Crippen LogP contribution in [0.25, 0.3) is 0 Å². The fraction of sp³-hybridized carbons (Fsp3) is 0.600. The molecule has 2 heterocycles. The van der Waals surface area contributed by atoms with Crippen molar-refractivity contribution in [1.82, 2.24) is 9.97 Å². The first kappa shape index (κ1) is 8.17. The minimum absolute atomic E-state index is 0.0194. The predicted octanol–water partition coefficient (Wildman–Crippen LogP) is 0.425. The van der Waals surface area contributed by atoms with E-state index in [9.17, 15) is 0 Å². The number of nitrogens with zero attached hydrogens (tertiary/aromatic N) is 3. The monoisotopic (exact) mass is 191 g/mol. The van der Waals surface area contributed by atoms with Gasteiger partial charge in [-0.1, -0.05) is 0 Å². The van der Waals surface area contributed by atoms with Gasteiger partial charge in [-0.3, -0.25) is 0 Å². The summed E-state index contributed by atoms with van der Waals surface area (Å²) in [6.07, 6.45) is 4.80. The summed E-state index contributed by atoms with van der Waals surface area (Å²) >= 11 is 0. The highest BCUT2D eigenvalue weighted by Crippen LogP contribution is 2.45. The van der Waals surface area contributed by atoms with Gasteiger partial charge >= 0.3 is 0 Å². The molecule has 0 radical (unpaired) electrons. The van der Waals surface area contributed by atoms with Crippen LogP contribution in [-0.4, -0.2) is 28.2 Å². The average Bonchev–Trinajstić information content (AvgIpc) is 2.86. The second-order valence-corrected chi connectivity index (χ2v) is 4.21. The number of rotatable bonds is 2. The Hall–Kier alpha value is -1.16. The molecule has 0 aromatic carbocycles. The molecule has 4 heteroatoms. The van der Waals surface area contributed by atoms with Crippen molar-refractivity contribution in [3.05, 3.63) is 18.0 Å². The summed E-state index contributed by atoms with van der Waals surface area (Å²) in [5.41, 5.74) is 0.776. The van der Waals surface area contributed by atoms with E-state index >= 15 is 0 Å². The first-order valence-electron chi connectivity index (χ1n) is 5.03. The molecule has 1 saturated heterocycles. The van der Waals surface area contributed by atoms with Crippen LogP contribution >= 0.6 is 0 Å². The Morgan fingerprint density at radius 2 is 1.93 bits per heavy atom. The van der Waals surface area contributed by atoms with Gasteiger partial charge in [0.05, 0.1) is 6.61 Å². The maximum Gasteiger partial charge on any atom is 0.225 e. The number of hydrogen-bond acceptors (Lipinski definition) is 4. The number of aromatic nitrogens is 2. The first-order valence-corrected chi connectivity index (χ1v) is 5.03. The predicted molar refractivity (Wildman–Crippen MR) is 51.8 cm³/mol. The van der Waals surface area contributed by atoms with Crippen molar-refractivity contribution in [1.29, 1.82) is 0 Å². The SMILES string of the molecule is OCc1cnc(N2CC3CC3C2)nc1. The van der Waals surface area contributed by atoms with Crippen LogP contribution in [0.15, 0.2) is 12.4 Å². The molecule has 1 aliphatic heterocycles. The van der Waals surface area contributed by atoms with Crippen molar-refractivity contribution in [2.45, 2.75) is 13.0 Å². The van der Waals surface area contributed by atoms with Crippen molar-refractivity contribution in [2.75, 3.05) is 18.0 Å². The van der Waals surface area contributed by atoms with E-state index in [0.717, 1.165) is 36.4 Å². The van der Waals surface area contributed by atoms with Crippen molar-refractivity contribution in [3.63, 3.8) is 0 Å². The molecule has 0 spiro atoms.